The van der Waals surface area contributed by atoms with Crippen LogP contribution in [0.5, 0.6) is 11.5 Å². The molecule has 2 aromatic rings. The molecule has 1 unspecified atom stereocenters. The van der Waals surface area contributed by atoms with Crippen molar-refractivity contribution in [1.82, 2.24) is 4.90 Å². The Morgan fingerprint density at radius 1 is 1.26 bits per heavy atom. The predicted octanol–water partition coefficient (Wildman–Crippen LogP) is 4.82. The van der Waals surface area contributed by atoms with Gasteiger partial charge < -0.3 is 14.6 Å². The molecule has 1 saturated heterocycles. The van der Waals surface area contributed by atoms with Crippen LogP contribution in [0.25, 0.3) is 6.08 Å². The van der Waals surface area contributed by atoms with Crippen molar-refractivity contribution in [3.8, 4) is 11.5 Å². The van der Waals surface area contributed by atoms with Gasteiger partial charge in [0.1, 0.15) is 0 Å². The number of carboxylic acid groups (broad SMARTS) is 1. The molecule has 1 aliphatic heterocycles. The van der Waals surface area contributed by atoms with Crippen LogP contribution >= 0.6 is 23.4 Å². The summed E-state index contributed by atoms with van der Waals surface area (Å²) in [5.74, 6) is -0.530. The zero-order valence-electron chi connectivity index (χ0n) is 17.2. The lowest BCUT2D eigenvalue weighted by Crippen LogP contribution is -2.28. The van der Waals surface area contributed by atoms with Gasteiger partial charge in [0.25, 0.3) is 5.91 Å². The van der Waals surface area contributed by atoms with Crippen LogP contribution in [0.15, 0.2) is 52.4 Å². The summed E-state index contributed by atoms with van der Waals surface area (Å²) in [5, 5.41) is 10.2. The van der Waals surface area contributed by atoms with Crippen LogP contribution in [0.1, 0.15) is 19.4 Å². The Hall–Kier alpha value is -2.97. The zero-order chi connectivity index (χ0) is 22.5. The predicted molar refractivity (Wildman–Crippen MR) is 122 cm³/mol. The lowest BCUT2D eigenvalue weighted by molar-refractivity contribution is -0.144. The molecule has 2 aromatic carbocycles. The highest BCUT2D eigenvalue weighted by Gasteiger charge is 2.32. The highest BCUT2D eigenvalue weighted by Crippen LogP contribution is 2.36. The number of amidine groups is 1. The van der Waals surface area contributed by atoms with Gasteiger partial charge in [-0.1, -0.05) is 17.7 Å². The summed E-state index contributed by atoms with van der Waals surface area (Å²) in [7, 11) is 1.47. The van der Waals surface area contributed by atoms with Crippen LogP contribution in [0.4, 0.5) is 5.69 Å². The highest BCUT2D eigenvalue weighted by molar-refractivity contribution is 8.18. The third kappa shape index (κ3) is 5.39. The first-order valence-electron chi connectivity index (χ1n) is 9.45. The molecule has 1 amide bonds. The van der Waals surface area contributed by atoms with Crippen molar-refractivity contribution < 1.29 is 24.2 Å². The van der Waals surface area contributed by atoms with E-state index in [1.165, 1.54) is 25.8 Å². The number of nitrogens with zero attached hydrogens (tertiary/aromatic N) is 2. The van der Waals surface area contributed by atoms with Crippen LogP contribution in [0.2, 0.25) is 5.02 Å². The number of ether oxygens (including phenoxy) is 2. The van der Waals surface area contributed by atoms with Crippen molar-refractivity contribution in [2.24, 2.45) is 4.99 Å². The van der Waals surface area contributed by atoms with Gasteiger partial charge in [-0.15, -0.1) is 0 Å². The van der Waals surface area contributed by atoms with Crippen LogP contribution in [0, 0.1) is 0 Å². The second kappa shape index (κ2) is 9.89. The molecule has 162 valence electrons. The van der Waals surface area contributed by atoms with E-state index in [1.807, 2.05) is 6.92 Å². The van der Waals surface area contributed by atoms with Crippen molar-refractivity contribution in [3.05, 3.63) is 58.0 Å². The Morgan fingerprint density at radius 3 is 2.58 bits per heavy atom. The third-order valence-corrected chi connectivity index (χ3v) is 5.65. The van der Waals surface area contributed by atoms with Crippen molar-refractivity contribution in [3.63, 3.8) is 0 Å². The molecule has 0 bridgehead atoms. The van der Waals surface area contributed by atoms with Crippen LogP contribution < -0.4 is 9.47 Å². The summed E-state index contributed by atoms with van der Waals surface area (Å²) >= 11 is 7.21. The van der Waals surface area contributed by atoms with Crippen molar-refractivity contribution in [2.75, 3.05) is 13.7 Å². The summed E-state index contributed by atoms with van der Waals surface area (Å²) in [5.41, 5.74) is 1.42. The van der Waals surface area contributed by atoms with Gasteiger partial charge >= 0.3 is 5.97 Å². The van der Waals surface area contributed by atoms with E-state index in [0.717, 1.165) is 0 Å². The van der Waals surface area contributed by atoms with Gasteiger partial charge in [0.05, 0.1) is 17.7 Å². The Labute approximate surface area is 189 Å². The first-order valence-corrected chi connectivity index (χ1v) is 10.6. The SMILES string of the molecule is CCN1C(=O)C(=Cc2ccc(OC(C)C(=O)O)c(OC)c2)SC1=Nc1ccc(Cl)cc1. The van der Waals surface area contributed by atoms with Crippen molar-refractivity contribution in [1.29, 1.82) is 0 Å². The fraction of sp³-hybridized carbons (Fsp3) is 0.227. The molecule has 1 N–H and O–H groups in total. The normalized spacial score (nSPS) is 17.3. The van der Waals surface area contributed by atoms with Gasteiger partial charge in [-0.3, -0.25) is 9.69 Å². The van der Waals surface area contributed by atoms with E-state index in [4.69, 9.17) is 26.2 Å². The average Bonchev–Trinajstić information content (AvgIpc) is 3.04. The minimum Gasteiger partial charge on any atom is -0.493 e. The van der Waals surface area contributed by atoms with E-state index in [1.54, 1.807) is 53.4 Å². The monoisotopic (exact) mass is 460 g/mol. The van der Waals surface area contributed by atoms with Gasteiger partial charge in [-0.2, -0.15) is 0 Å². The van der Waals surface area contributed by atoms with Gasteiger partial charge in [0, 0.05) is 11.6 Å². The first-order chi connectivity index (χ1) is 14.8. The number of thioether (sulfide) groups is 1. The maximum absolute atomic E-state index is 12.9. The third-order valence-electron chi connectivity index (χ3n) is 4.39. The van der Waals surface area contributed by atoms with E-state index >= 15 is 0 Å². The van der Waals surface area contributed by atoms with E-state index in [9.17, 15) is 9.59 Å². The van der Waals surface area contributed by atoms with Gasteiger partial charge in [-0.25, -0.2) is 9.79 Å². The smallest absolute Gasteiger partial charge is 0.344 e. The molecule has 1 aliphatic rings. The lowest BCUT2D eigenvalue weighted by atomic mass is 10.2. The van der Waals surface area contributed by atoms with E-state index in [2.05, 4.69) is 4.99 Å². The number of aliphatic imine (C=N–C) groups is 1. The molecular weight excluding hydrogens is 440 g/mol. The number of halogens is 1. The molecule has 31 heavy (non-hydrogen) atoms. The number of aliphatic carboxylic acids is 1. The summed E-state index contributed by atoms with van der Waals surface area (Å²) < 4.78 is 10.7. The Balaban J connectivity index is 1.88. The number of carbonyl (C=O) groups is 2. The Morgan fingerprint density at radius 2 is 1.97 bits per heavy atom. The molecule has 0 aliphatic carbocycles. The molecule has 0 radical (unpaired) electrons. The number of benzene rings is 2. The zero-order valence-corrected chi connectivity index (χ0v) is 18.7. The van der Waals surface area contributed by atoms with Crippen molar-refractivity contribution >= 4 is 52.2 Å². The van der Waals surface area contributed by atoms with E-state index < -0.39 is 12.1 Å². The number of hydrogen-bond acceptors (Lipinski definition) is 6. The summed E-state index contributed by atoms with van der Waals surface area (Å²) in [6.45, 7) is 3.81. The fourth-order valence-electron chi connectivity index (χ4n) is 2.76. The van der Waals surface area contributed by atoms with E-state index in [-0.39, 0.29) is 5.91 Å². The van der Waals surface area contributed by atoms with Crippen LogP contribution in [0.3, 0.4) is 0 Å². The molecule has 7 nitrogen and oxygen atoms in total. The molecule has 0 spiro atoms. The number of hydrogen-bond donors (Lipinski definition) is 1. The molecular formula is C22H21ClN2O5S. The molecule has 1 fully saturated rings. The van der Waals surface area contributed by atoms with Gasteiger partial charge in [0.15, 0.2) is 22.8 Å². The van der Waals surface area contributed by atoms with Gasteiger partial charge in [-0.05, 0) is 73.6 Å². The maximum Gasteiger partial charge on any atom is 0.344 e. The van der Waals surface area contributed by atoms with Crippen LogP contribution in [-0.2, 0) is 9.59 Å². The number of methoxy groups -OCH3 is 1. The fourth-order valence-corrected chi connectivity index (χ4v) is 3.95. The molecule has 1 heterocycles. The lowest BCUT2D eigenvalue weighted by Gasteiger charge is -2.14. The number of likely N-dealkylation sites (N-methyl/N-ethyl adjacent to an activating group) is 1. The second-order valence-electron chi connectivity index (χ2n) is 6.54. The summed E-state index contributed by atoms with van der Waals surface area (Å²) in [6.07, 6.45) is 0.724. The number of amides is 1. The Bertz CT molecular complexity index is 1050. The topological polar surface area (TPSA) is 88.4 Å². The molecule has 1 atom stereocenters. The summed E-state index contributed by atoms with van der Waals surface area (Å²) in [4.78, 5) is 30.6. The molecule has 9 heteroatoms. The molecule has 0 saturated carbocycles. The molecule has 3 rings (SSSR count). The van der Waals surface area contributed by atoms with Crippen LogP contribution in [-0.4, -0.2) is 46.8 Å². The average molecular weight is 461 g/mol. The number of rotatable bonds is 7. The number of carboxylic acids is 1. The van der Waals surface area contributed by atoms with Crippen molar-refractivity contribution in [2.45, 2.75) is 20.0 Å². The quantitative estimate of drug-likeness (QED) is 0.595. The molecule has 0 aromatic heterocycles. The van der Waals surface area contributed by atoms with Gasteiger partial charge in [0.2, 0.25) is 0 Å². The number of carbonyl (C=O) groups excluding carboxylic acids is 1. The Kier molecular flexibility index (Phi) is 7.25. The minimum atomic E-state index is -1.08. The highest BCUT2D eigenvalue weighted by atomic mass is 35.5. The maximum atomic E-state index is 12.9. The largest absolute Gasteiger partial charge is 0.493 e. The second-order valence-corrected chi connectivity index (χ2v) is 7.99. The first kappa shape index (κ1) is 22.7. The standard InChI is InChI=1S/C22H21ClN2O5S/c1-4-25-20(26)19(31-22(25)24-16-8-6-15(23)7-9-16)12-14-5-10-17(18(11-14)29-3)30-13(2)21(27)28/h5-13H,4H2,1-3H3,(H,27,28). The minimum absolute atomic E-state index is 0.140. The van der Waals surface area contributed by atoms with E-state index in [0.29, 0.717) is 44.4 Å². The summed E-state index contributed by atoms with van der Waals surface area (Å²) in [6, 6.07) is 12.1.